The summed E-state index contributed by atoms with van der Waals surface area (Å²) in [6.07, 6.45) is 0.405. The van der Waals surface area contributed by atoms with Gasteiger partial charge in [0.05, 0.1) is 11.6 Å². The monoisotopic (exact) mass is 274 g/mol. The Labute approximate surface area is 112 Å². The number of ether oxygens (including phenoxy) is 1. The molecule has 0 saturated heterocycles. The summed E-state index contributed by atoms with van der Waals surface area (Å²) in [4.78, 5) is 11.6. The Morgan fingerprint density at radius 2 is 1.94 bits per heavy atom. The molecule has 0 aromatic heterocycles. The van der Waals surface area contributed by atoms with Crippen molar-refractivity contribution in [2.45, 2.75) is 27.2 Å². The van der Waals surface area contributed by atoms with Crippen molar-refractivity contribution in [2.75, 3.05) is 6.61 Å². The van der Waals surface area contributed by atoms with E-state index in [1.807, 2.05) is 13.8 Å². The van der Waals surface area contributed by atoms with Gasteiger partial charge in [-0.2, -0.15) is 0 Å². The molecule has 1 aromatic carbocycles. The molecule has 0 aliphatic carbocycles. The maximum atomic E-state index is 11.6. The predicted octanol–water partition coefficient (Wildman–Crippen LogP) is 4.62. The highest BCUT2D eigenvalue weighted by Crippen LogP contribution is 2.35. The van der Waals surface area contributed by atoms with Gasteiger partial charge in [-0.3, -0.25) is 4.79 Å². The average Bonchev–Trinajstić information content (AvgIpc) is 2.30. The van der Waals surface area contributed by atoms with E-state index in [1.165, 1.54) is 0 Å². The Morgan fingerprint density at radius 1 is 1.29 bits per heavy atom. The van der Waals surface area contributed by atoms with Gasteiger partial charge in [0.25, 0.3) is 0 Å². The van der Waals surface area contributed by atoms with E-state index >= 15 is 0 Å². The molecule has 0 bridgehead atoms. The van der Waals surface area contributed by atoms with Crippen LogP contribution in [0.15, 0.2) is 12.1 Å². The molecule has 0 fully saturated rings. The molecule has 1 rings (SSSR count). The molecule has 0 unspecified atom stereocenters. The smallest absolute Gasteiger partial charge is 0.164 e. The van der Waals surface area contributed by atoms with Crippen LogP contribution in [-0.2, 0) is 0 Å². The van der Waals surface area contributed by atoms with Crippen LogP contribution in [0.25, 0.3) is 0 Å². The first-order chi connectivity index (χ1) is 7.97. The fourth-order valence-corrected chi connectivity index (χ4v) is 1.79. The molecule has 0 spiro atoms. The zero-order valence-electron chi connectivity index (χ0n) is 10.2. The highest BCUT2D eigenvalue weighted by molar-refractivity contribution is 6.44. The van der Waals surface area contributed by atoms with Crippen molar-refractivity contribution in [1.29, 1.82) is 0 Å². The molecule has 0 atom stereocenters. The van der Waals surface area contributed by atoms with Crippen molar-refractivity contribution in [3.05, 3.63) is 27.7 Å². The maximum Gasteiger partial charge on any atom is 0.164 e. The Hall–Kier alpha value is -0.730. The summed E-state index contributed by atoms with van der Waals surface area (Å²) >= 11 is 12.1. The quantitative estimate of drug-likeness (QED) is 0.733. The first-order valence-electron chi connectivity index (χ1n) is 5.61. The molecule has 0 saturated carbocycles. The first kappa shape index (κ1) is 14.3. The Morgan fingerprint density at radius 3 is 2.47 bits per heavy atom. The predicted molar refractivity (Wildman–Crippen MR) is 71.4 cm³/mol. The first-order valence-corrected chi connectivity index (χ1v) is 6.37. The minimum absolute atomic E-state index is 0.0210. The van der Waals surface area contributed by atoms with Crippen molar-refractivity contribution in [3.8, 4) is 5.75 Å². The molecule has 0 N–H and O–H groups in total. The van der Waals surface area contributed by atoms with Crippen LogP contribution in [-0.4, -0.2) is 12.4 Å². The van der Waals surface area contributed by atoms with Gasteiger partial charge >= 0.3 is 0 Å². The van der Waals surface area contributed by atoms with Gasteiger partial charge < -0.3 is 4.74 Å². The average molecular weight is 275 g/mol. The largest absolute Gasteiger partial charge is 0.492 e. The zero-order valence-corrected chi connectivity index (χ0v) is 11.7. The molecule has 0 aliphatic rings. The Kier molecular flexibility index (Phi) is 5.29. The highest BCUT2D eigenvalue weighted by atomic mass is 35.5. The number of halogens is 2. The van der Waals surface area contributed by atoms with Crippen LogP contribution >= 0.6 is 23.2 Å². The van der Waals surface area contributed by atoms with Crippen molar-refractivity contribution in [2.24, 2.45) is 5.92 Å². The lowest BCUT2D eigenvalue weighted by atomic mass is 10.1. The van der Waals surface area contributed by atoms with E-state index in [4.69, 9.17) is 27.9 Å². The molecule has 0 amide bonds. The van der Waals surface area contributed by atoms with E-state index in [-0.39, 0.29) is 10.8 Å². The van der Waals surface area contributed by atoms with Gasteiger partial charge in [0.15, 0.2) is 5.78 Å². The highest BCUT2D eigenvalue weighted by Gasteiger charge is 2.15. The van der Waals surface area contributed by atoms with Gasteiger partial charge in [-0.25, -0.2) is 0 Å². The fourth-order valence-electron chi connectivity index (χ4n) is 1.31. The third-order valence-corrected chi connectivity index (χ3v) is 3.11. The van der Waals surface area contributed by atoms with Crippen LogP contribution in [0.3, 0.4) is 0 Å². The number of hydrogen-bond acceptors (Lipinski definition) is 2. The molecule has 2 nitrogen and oxygen atoms in total. The summed E-state index contributed by atoms with van der Waals surface area (Å²) in [5.74, 6) is 0.909. The summed E-state index contributed by atoms with van der Waals surface area (Å²) < 4.78 is 5.52. The number of carbonyl (C=O) groups is 1. The van der Waals surface area contributed by atoms with Crippen molar-refractivity contribution in [1.82, 2.24) is 0 Å². The van der Waals surface area contributed by atoms with Gasteiger partial charge in [-0.1, -0.05) is 44.0 Å². The number of ketones is 1. The standard InChI is InChI=1S/C13H16Cl2O2/c1-4-10(16)9-5-6-11(13(15)12(9)14)17-7-8(2)3/h5-6,8H,4,7H2,1-3H3. The maximum absolute atomic E-state index is 11.6. The fraction of sp³-hybridized carbons (Fsp3) is 0.462. The van der Waals surface area contributed by atoms with E-state index in [0.29, 0.717) is 35.3 Å². The van der Waals surface area contributed by atoms with E-state index in [0.717, 1.165) is 0 Å². The van der Waals surface area contributed by atoms with Gasteiger partial charge in [0.1, 0.15) is 10.8 Å². The molecule has 0 heterocycles. The Balaban J connectivity index is 2.98. The second-order valence-electron chi connectivity index (χ2n) is 4.22. The number of Topliss-reactive ketones (excluding diaryl/α,β-unsaturated/α-hetero) is 1. The summed E-state index contributed by atoms with van der Waals surface area (Å²) in [7, 11) is 0. The summed E-state index contributed by atoms with van der Waals surface area (Å²) in [5, 5.41) is 0.589. The lowest BCUT2D eigenvalue weighted by molar-refractivity contribution is 0.0988. The lowest BCUT2D eigenvalue weighted by Crippen LogP contribution is -2.06. The van der Waals surface area contributed by atoms with Gasteiger partial charge in [-0.15, -0.1) is 0 Å². The van der Waals surface area contributed by atoms with Crippen LogP contribution in [0.4, 0.5) is 0 Å². The number of rotatable bonds is 5. The molecule has 0 radical (unpaired) electrons. The molecule has 1 aromatic rings. The van der Waals surface area contributed by atoms with Crippen LogP contribution < -0.4 is 4.74 Å². The van der Waals surface area contributed by atoms with Crippen LogP contribution in [0.2, 0.25) is 10.0 Å². The van der Waals surface area contributed by atoms with Crippen molar-refractivity contribution < 1.29 is 9.53 Å². The zero-order chi connectivity index (χ0) is 13.0. The summed E-state index contributed by atoms with van der Waals surface area (Å²) in [5.41, 5.74) is 0.455. The number of benzene rings is 1. The summed E-state index contributed by atoms with van der Waals surface area (Å²) in [6, 6.07) is 3.36. The normalized spacial score (nSPS) is 10.7. The van der Waals surface area contributed by atoms with E-state index < -0.39 is 0 Å². The van der Waals surface area contributed by atoms with Crippen molar-refractivity contribution in [3.63, 3.8) is 0 Å². The van der Waals surface area contributed by atoms with Crippen LogP contribution in [0, 0.1) is 5.92 Å². The van der Waals surface area contributed by atoms with Gasteiger partial charge in [0, 0.05) is 12.0 Å². The van der Waals surface area contributed by atoms with Gasteiger partial charge in [0.2, 0.25) is 0 Å². The molecule has 4 heteroatoms. The minimum atomic E-state index is -0.0210. The van der Waals surface area contributed by atoms with Gasteiger partial charge in [-0.05, 0) is 18.1 Å². The van der Waals surface area contributed by atoms with E-state index in [2.05, 4.69) is 0 Å². The van der Waals surface area contributed by atoms with Crippen LogP contribution in [0.5, 0.6) is 5.75 Å². The lowest BCUT2D eigenvalue weighted by Gasteiger charge is -2.12. The molecular weight excluding hydrogens is 259 g/mol. The number of hydrogen-bond donors (Lipinski definition) is 0. The minimum Gasteiger partial charge on any atom is -0.492 e. The van der Waals surface area contributed by atoms with Crippen molar-refractivity contribution >= 4 is 29.0 Å². The summed E-state index contributed by atoms with van der Waals surface area (Å²) in [6.45, 7) is 6.45. The Bertz CT molecular complexity index is 414. The third-order valence-electron chi connectivity index (χ3n) is 2.24. The second-order valence-corrected chi connectivity index (χ2v) is 4.98. The van der Waals surface area contributed by atoms with E-state index in [9.17, 15) is 4.79 Å². The number of carbonyl (C=O) groups excluding carboxylic acids is 1. The molecule has 17 heavy (non-hydrogen) atoms. The molecule has 94 valence electrons. The topological polar surface area (TPSA) is 26.3 Å². The molecular formula is C13H16Cl2O2. The molecule has 0 aliphatic heterocycles. The van der Waals surface area contributed by atoms with Crippen LogP contribution in [0.1, 0.15) is 37.6 Å². The second kappa shape index (κ2) is 6.27. The SMILES string of the molecule is CCC(=O)c1ccc(OCC(C)C)c(Cl)c1Cl. The third kappa shape index (κ3) is 3.62. The van der Waals surface area contributed by atoms with E-state index in [1.54, 1.807) is 19.1 Å².